The number of nitrogens with two attached hydrogens (primary N) is 1. The highest BCUT2D eigenvalue weighted by atomic mass is 35.5. The Morgan fingerprint density at radius 2 is 2.04 bits per heavy atom. The van der Waals surface area contributed by atoms with Gasteiger partial charge in [0.1, 0.15) is 5.75 Å². The largest absolute Gasteiger partial charge is 0.493 e. The Hall–Kier alpha value is -2.24. The lowest BCUT2D eigenvalue weighted by Crippen LogP contribution is -2.37. The highest BCUT2D eigenvalue weighted by Gasteiger charge is 2.21. The summed E-state index contributed by atoms with van der Waals surface area (Å²) in [6, 6.07) is 15.0. The van der Waals surface area contributed by atoms with E-state index in [1.54, 1.807) is 24.3 Å². The molecule has 2 unspecified atom stereocenters. The highest BCUT2D eigenvalue weighted by Crippen LogP contribution is 2.31. The van der Waals surface area contributed by atoms with Crippen molar-refractivity contribution < 1.29 is 9.84 Å². The van der Waals surface area contributed by atoms with E-state index in [-0.39, 0.29) is 12.6 Å². The fourth-order valence-corrected chi connectivity index (χ4v) is 2.82. The first-order valence-corrected chi connectivity index (χ1v) is 8.23. The first-order valence-electron chi connectivity index (χ1n) is 7.85. The minimum Gasteiger partial charge on any atom is -0.493 e. The molecule has 1 aliphatic rings. The zero-order valence-corrected chi connectivity index (χ0v) is 13.9. The van der Waals surface area contributed by atoms with Crippen molar-refractivity contribution in [2.45, 2.75) is 18.6 Å². The topological polar surface area (TPSA) is 79.9 Å². The van der Waals surface area contributed by atoms with E-state index in [4.69, 9.17) is 22.1 Å². The fraction of sp³-hybridized carbons (Fsp3) is 0.278. The summed E-state index contributed by atoms with van der Waals surface area (Å²) in [5.41, 5.74) is 7.80. The Kier molecular flexibility index (Phi) is 5.23. The molecule has 0 saturated carbocycles. The standard InChI is InChI=1S/C18H20ClN3O2/c19-13-7-5-12(6-8-13)16(23)11-21-18(20)22-15-9-10-24-17-4-2-1-3-14(15)17/h1-8,15-16,23H,9-11H2,(H3,20,21,22). The quantitative estimate of drug-likeness (QED) is 0.588. The van der Waals surface area contributed by atoms with Crippen LogP contribution in [-0.2, 0) is 0 Å². The van der Waals surface area contributed by atoms with Crippen LogP contribution in [0.5, 0.6) is 5.75 Å². The van der Waals surface area contributed by atoms with Gasteiger partial charge in [-0.15, -0.1) is 0 Å². The summed E-state index contributed by atoms with van der Waals surface area (Å²) < 4.78 is 5.63. The van der Waals surface area contributed by atoms with Crippen molar-refractivity contribution in [3.05, 3.63) is 64.7 Å². The zero-order chi connectivity index (χ0) is 16.9. The number of guanidine groups is 1. The van der Waals surface area contributed by atoms with Crippen molar-refractivity contribution >= 4 is 17.6 Å². The van der Waals surface area contributed by atoms with Crippen LogP contribution in [0.4, 0.5) is 0 Å². The summed E-state index contributed by atoms with van der Waals surface area (Å²) in [6.07, 6.45) is 0.0945. The molecule has 0 amide bonds. The van der Waals surface area contributed by atoms with Gasteiger partial charge in [-0.3, -0.25) is 4.99 Å². The van der Waals surface area contributed by atoms with Gasteiger partial charge in [-0.25, -0.2) is 0 Å². The molecule has 5 nitrogen and oxygen atoms in total. The van der Waals surface area contributed by atoms with Crippen molar-refractivity contribution in [3.8, 4) is 5.75 Å². The van der Waals surface area contributed by atoms with E-state index >= 15 is 0 Å². The number of para-hydroxylation sites is 1. The van der Waals surface area contributed by atoms with E-state index in [1.165, 1.54) is 0 Å². The van der Waals surface area contributed by atoms with Crippen LogP contribution in [0.25, 0.3) is 0 Å². The molecule has 0 bridgehead atoms. The molecule has 0 saturated heterocycles. The van der Waals surface area contributed by atoms with Gasteiger partial charge in [-0.1, -0.05) is 41.9 Å². The van der Waals surface area contributed by atoms with Gasteiger partial charge in [0.15, 0.2) is 5.96 Å². The molecular formula is C18H20ClN3O2. The minimum atomic E-state index is -0.718. The van der Waals surface area contributed by atoms with Crippen molar-refractivity contribution in [1.82, 2.24) is 5.32 Å². The molecule has 0 radical (unpaired) electrons. The van der Waals surface area contributed by atoms with E-state index in [9.17, 15) is 5.11 Å². The third kappa shape index (κ3) is 3.99. The fourth-order valence-electron chi connectivity index (χ4n) is 2.69. The molecule has 4 N–H and O–H groups in total. The molecule has 6 heteroatoms. The van der Waals surface area contributed by atoms with Crippen molar-refractivity contribution in [1.29, 1.82) is 0 Å². The molecule has 0 fully saturated rings. The number of nitrogens with zero attached hydrogens (tertiary/aromatic N) is 1. The lowest BCUT2D eigenvalue weighted by Gasteiger charge is -2.27. The van der Waals surface area contributed by atoms with Gasteiger partial charge < -0.3 is 20.9 Å². The highest BCUT2D eigenvalue weighted by molar-refractivity contribution is 6.30. The lowest BCUT2D eigenvalue weighted by atomic mass is 10.0. The predicted octanol–water partition coefficient (Wildman–Crippen LogP) is 2.80. The van der Waals surface area contributed by atoms with Gasteiger partial charge in [-0.05, 0) is 23.8 Å². The summed E-state index contributed by atoms with van der Waals surface area (Å²) >= 11 is 5.84. The van der Waals surface area contributed by atoms with Gasteiger partial charge in [0, 0.05) is 17.0 Å². The smallest absolute Gasteiger partial charge is 0.189 e. The number of ether oxygens (including phenoxy) is 1. The van der Waals surface area contributed by atoms with E-state index < -0.39 is 6.10 Å². The molecule has 126 valence electrons. The maximum atomic E-state index is 10.2. The van der Waals surface area contributed by atoms with Gasteiger partial charge in [0.05, 0.1) is 25.3 Å². The maximum absolute atomic E-state index is 10.2. The molecule has 2 aromatic carbocycles. The lowest BCUT2D eigenvalue weighted by molar-refractivity contribution is 0.187. The number of halogens is 1. The molecule has 0 aliphatic carbocycles. The summed E-state index contributed by atoms with van der Waals surface area (Å²) in [4.78, 5) is 4.25. The van der Waals surface area contributed by atoms with Crippen molar-refractivity contribution in [2.75, 3.05) is 13.2 Å². The Morgan fingerprint density at radius 3 is 2.83 bits per heavy atom. The van der Waals surface area contributed by atoms with Crippen molar-refractivity contribution in [3.63, 3.8) is 0 Å². The average molecular weight is 346 g/mol. The third-order valence-electron chi connectivity index (χ3n) is 3.97. The number of fused-ring (bicyclic) bond motifs is 1. The predicted molar refractivity (Wildman–Crippen MR) is 95.3 cm³/mol. The normalized spacial score (nSPS) is 18.4. The number of rotatable bonds is 4. The number of hydrogen-bond acceptors (Lipinski definition) is 3. The Bertz CT molecular complexity index is 718. The van der Waals surface area contributed by atoms with Crippen LogP contribution in [0.15, 0.2) is 53.5 Å². The molecule has 24 heavy (non-hydrogen) atoms. The monoisotopic (exact) mass is 345 g/mol. The molecule has 1 heterocycles. The summed E-state index contributed by atoms with van der Waals surface area (Å²) in [5.74, 6) is 1.18. The van der Waals surface area contributed by atoms with Crippen LogP contribution >= 0.6 is 11.6 Å². The Balaban J connectivity index is 1.62. The first-order chi connectivity index (χ1) is 11.6. The number of aliphatic hydroxyl groups excluding tert-OH is 1. The average Bonchev–Trinajstić information content (AvgIpc) is 2.61. The number of aliphatic imine (C=N–C) groups is 1. The molecule has 0 aromatic heterocycles. The minimum absolute atomic E-state index is 0.0615. The second-order valence-corrected chi connectivity index (χ2v) is 6.10. The van der Waals surface area contributed by atoms with Crippen LogP contribution in [0.2, 0.25) is 5.02 Å². The Morgan fingerprint density at radius 1 is 1.29 bits per heavy atom. The number of benzene rings is 2. The summed E-state index contributed by atoms with van der Waals surface area (Å²) in [5, 5.41) is 14.0. The molecule has 0 spiro atoms. The van der Waals surface area contributed by atoms with Crippen LogP contribution in [0.3, 0.4) is 0 Å². The number of aliphatic hydroxyl groups is 1. The van der Waals surface area contributed by atoms with Crippen LogP contribution in [0, 0.1) is 0 Å². The van der Waals surface area contributed by atoms with Crippen LogP contribution in [-0.4, -0.2) is 24.2 Å². The summed E-state index contributed by atoms with van der Waals surface area (Å²) in [6.45, 7) is 0.820. The van der Waals surface area contributed by atoms with Gasteiger partial charge in [0.25, 0.3) is 0 Å². The van der Waals surface area contributed by atoms with Crippen LogP contribution < -0.4 is 15.8 Å². The van der Waals surface area contributed by atoms with Crippen molar-refractivity contribution in [2.24, 2.45) is 10.7 Å². The first kappa shape index (κ1) is 16.6. The molecule has 3 rings (SSSR count). The second kappa shape index (κ2) is 7.55. The third-order valence-corrected chi connectivity index (χ3v) is 4.22. The zero-order valence-electron chi connectivity index (χ0n) is 13.2. The van der Waals surface area contributed by atoms with Gasteiger partial charge in [-0.2, -0.15) is 0 Å². The Labute approximate surface area is 146 Å². The van der Waals surface area contributed by atoms with Gasteiger partial charge in [0.2, 0.25) is 0 Å². The number of nitrogens with one attached hydrogen (secondary N) is 1. The van der Waals surface area contributed by atoms with E-state index in [2.05, 4.69) is 10.3 Å². The number of hydrogen-bond donors (Lipinski definition) is 3. The van der Waals surface area contributed by atoms with E-state index in [0.717, 1.165) is 23.3 Å². The second-order valence-electron chi connectivity index (χ2n) is 5.67. The molecular weight excluding hydrogens is 326 g/mol. The molecule has 2 aromatic rings. The van der Waals surface area contributed by atoms with E-state index in [1.807, 2.05) is 24.3 Å². The van der Waals surface area contributed by atoms with E-state index in [0.29, 0.717) is 17.6 Å². The molecule has 2 atom stereocenters. The molecule has 1 aliphatic heterocycles. The van der Waals surface area contributed by atoms with Crippen LogP contribution in [0.1, 0.15) is 29.7 Å². The SMILES string of the molecule is NC(=NCC(O)c1ccc(Cl)cc1)NC1CCOc2ccccc21. The van der Waals surface area contributed by atoms with Gasteiger partial charge >= 0.3 is 0 Å². The maximum Gasteiger partial charge on any atom is 0.189 e. The summed E-state index contributed by atoms with van der Waals surface area (Å²) in [7, 11) is 0.